The summed E-state index contributed by atoms with van der Waals surface area (Å²) in [5, 5.41) is 9.15. The van der Waals surface area contributed by atoms with Gasteiger partial charge in [-0.2, -0.15) is 0 Å². The van der Waals surface area contributed by atoms with Crippen molar-refractivity contribution in [3.63, 3.8) is 0 Å². The molecule has 10 heteroatoms. The van der Waals surface area contributed by atoms with Crippen LogP contribution >= 0.6 is 20.7 Å². The number of carbonyl (C=O) groups excluding carboxylic acids is 3. The van der Waals surface area contributed by atoms with Crippen LogP contribution < -0.4 is 21.7 Å². The number of nitrogens with two attached hydrogens (primary N) is 1. The second-order valence-electron chi connectivity index (χ2n) is 10.4. The first-order valence-electron chi connectivity index (χ1n) is 14.0. The van der Waals surface area contributed by atoms with Crippen molar-refractivity contribution < 1.29 is 18.8 Å². The molecule has 2 amide bonds. The molecule has 2 heterocycles. The Kier molecular flexibility index (Phi) is 9.34. The molecular formula is C33H33FIN5O3. The summed E-state index contributed by atoms with van der Waals surface area (Å²) >= 11 is -0.541. The van der Waals surface area contributed by atoms with E-state index < -0.39 is 20.7 Å². The van der Waals surface area contributed by atoms with Crippen molar-refractivity contribution in [2.24, 2.45) is 0 Å². The van der Waals surface area contributed by atoms with Gasteiger partial charge in [0.1, 0.15) is 5.82 Å². The maximum Gasteiger partial charge on any atom is 0.256 e. The number of amides is 2. The van der Waals surface area contributed by atoms with Gasteiger partial charge in [-0.3, -0.25) is 14.4 Å². The maximum atomic E-state index is 14.1. The minimum absolute atomic E-state index is 0.0337. The number of rotatable bonds is 8. The standard InChI is InChI=1S/C33H33FIN5O3/c1-19-28(17-25-24-16-23(34)12-10-21(24)6-5-9-29(25)41)39-20(2)31(19)33(43)38-15-14-37-30-13-11-22(18-35-30)32(42)40-27-8-4-3-7-26(27)36/h3-4,7-8,10-13,16-18,37,39H,5-6,9,14-15,36H2,1-2H3,(H,38,43)(H,40,42)/b25-17-. The molecule has 2 aliphatic rings. The average molecular weight is 694 g/mol. The molecule has 3 aromatic rings. The molecule has 1 aromatic heterocycles. The number of carbonyl (C=O) groups is 3. The number of nitrogens with one attached hydrogen (secondary N) is 4. The number of halogens is 2. The van der Waals surface area contributed by atoms with Crippen molar-refractivity contribution in [2.45, 2.75) is 33.1 Å². The molecule has 1 aliphatic heterocycles. The lowest BCUT2D eigenvalue weighted by molar-refractivity contribution is -0.114. The highest BCUT2D eigenvalue weighted by atomic mass is 127. The molecule has 0 atom stereocenters. The molecule has 43 heavy (non-hydrogen) atoms. The van der Waals surface area contributed by atoms with Gasteiger partial charge < -0.3 is 26.7 Å². The van der Waals surface area contributed by atoms with Gasteiger partial charge in [0.25, 0.3) is 11.8 Å². The van der Waals surface area contributed by atoms with Gasteiger partial charge in [-0.1, -0.05) is 38.9 Å². The zero-order chi connectivity index (χ0) is 30.5. The van der Waals surface area contributed by atoms with E-state index in [4.69, 9.17) is 5.73 Å². The lowest BCUT2D eigenvalue weighted by Gasteiger charge is -2.12. The zero-order valence-corrected chi connectivity index (χ0v) is 26.1. The minimum Gasteiger partial charge on any atom is -0.397 e. The van der Waals surface area contributed by atoms with Gasteiger partial charge in [-0.15, -0.1) is 0 Å². The molecule has 0 unspecified atom stereocenters. The van der Waals surface area contributed by atoms with E-state index in [1.54, 1.807) is 30.4 Å². The van der Waals surface area contributed by atoms with Gasteiger partial charge in [-0.25, -0.2) is 4.39 Å². The Hall–Kier alpha value is -4.32. The van der Waals surface area contributed by atoms with E-state index in [0.29, 0.717) is 71.0 Å². The Labute approximate surface area is 259 Å². The highest BCUT2D eigenvalue weighted by molar-refractivity contribution is 14.2. The van der Waals surface area contributed by atoms with E-state index in [2.05, 4.69) is 20.9 Å². The van der Waals surface area contributed by atoms with Gasteiger partial charge in [0, 0.05) is 42.0 Å². The number of H-pyrrole nitrogens is 1. The molecule has 0 saturated heterocycles. The van der Waals surface area contributed by atoms with Crippen molar-refractivity contribution in [1.82, 2.24) is 15.6 Å². The second kappa shape index (κ2) is 13.3. The number of para-hydroxylation sites is 2. The van der Waals surface area contributed by atoms with Crippen LogP contribution in [0.3, 0.4) is 0 Å². The zero-order valence-electron chi connectivity index (χ0n) is 23.9. The summed E-state index contributed by atoms with van der Waals surface area (Å²) in [6.07, 6.45) is 7.25. The largest absolute Gasteiger partial charge is 0.397 e. The molecule has 0 radical (unpaired) electrons. The van der Waals surface area contributed by atoms with Crippen LogP contribution in [0.2, 0.25) is 0 Å². The Bertz CT molecular complexity index is 1730. The number of hydrogen-bond donors (Lipinski definition) is 5. The number of benzene rings is 2. The van der Waals surface area contributed by atoms with E-state index in [9.17, 15) is 18.8 Å². The highest BCUT2D eigenvalue weighted by Gasteiger charge is 2.23. The summed E-state index contributed by atoms with van der Waals surface area (Å²) in [6.45, 7) is 4.59. The number of hydrogen-bond acceptors (Lipinski definition) is 5. The predicted molar refractivity (Wildman–Crippen MR) is 179 cm³/mol. The summed E-state index contributed by atoms with van der Waals surface area (Å²) in [5.41, 5.74) is 12.3. The fourth-order valence-corrected chi connectivity index (χ4v) is 7.17. The lowest BCUT2D eigenvalue weighted by atomic mass is 9.96. The number of nitrogen functional groups attached to an aromatic ring is 1. The fraction of sp³-hybridized carbons (Fsp3) is 0.212. The number of aromatic amines is 1. The summed E-state index contributed by atoms with van der Waals surface area (Å²) in [5.74, 6) is -0.831. The van der Waals surface area contributed by atoms with Gasteiger partial charge in [0.15, 0.2) is 5.78 Å². The molecule has 2 aromatic carbocycles. The summed E-state index contributed by atoms with van der Waals surface area (Å²) in [4.78, 5) is 41.9. The molecule has 1 aliphatic carbocycles. The Morgan fingerprint density at radius 3 is 2.65 bits per heavy atom. The van der Waals surface area contributed by atoms with Crippen molar-refractivity contribution in [2.75, 3.05) is 24.1 Å². The van der Waals surface area contributed by atoms with Gasteiger partial charge in [0.2, 0.25) is 0 Å². The Morgan fingerprint density at radius 2 is 1.88 bits per heavy atom. The first kappa shape index (κ1) is 30.1. The van der Waals surface area contributed by atoms with E-state index in [0.717, 1.165) is 21.3 Å². The lowest BCUT2D eigenvalue weighted by Crippen LogP contribution is -2.31. The van der Waals surface area contributed by atoms with Crippen LogP contribution in [0.1, 0.15) is 51.3 Å². The number of aromatic nitrogens is 1. The molecule has 5 rings (SSSR count). The third kappa shape index (κ3) is 7.02. The van der Waals surface area contributed by atoms with Crippen molar-refractivity contribution in [3.8, 4) is 0 Å². The summed E-state index contributed by atoms with van der Waals surface area (Å²) < 4.78 is 17.1. The van der Waals surface area contributed by atoms with Gasteiger partial charge in [0.05, 0.1) is 20.6 Å². The predicted octanol–water partition coefficient (Wildman–Crippen LogP) is 5.31. The van der Waals surface area contributed by atoms with E-state index >= 15 is 0 Å². The molecule has 0 fully saturated rings. The number of ketones is 1. The minimum atomic E-state index is -0.541. The quantitative estimate of drug-likeness (QED) is 0.0546. The van der Waals surface area contributed by atoms with Crippen LogP contribution in [0.15, 0.2) is 63.9 Å². The van der Waals surface area contributed by atoms with E-state index in [-0.39, 0.29) is 23.4 Å². The molecular weight excluding hydrogens is 660 g/mol. The third-order valence-electron chi connectivity index (χ3n) is 7.38. The van der Waals surface area contributed by atoms with Gasteiger partial charge >= 0.3 is 0 Å². The van der Waals surface area contributed by atoms with Crippen molar-refractivity contribution in [3.05, 3.63) is 103 Å². The number of anilines is 2. The second-order valence-corrected chi connectivity index (χ2v) is 12.8. The topological polar surface area (TPSA) is 129 Å². The van der Waals surface area contributed by atoms with Crippen LogP contribution in [-0.4, -0.2) is 39.7 Å². The van der Waals surface area contributed by atoms with Crippen LogP contribution in [-0.2, 0) is 16.0 Å². The Balaban J connectivity index is 1.19. The molecule has 6 N–H and O–H groups in total. The third-order valence-corrected chi connectivity index (χ3v) is 9.77. The van der Waals surface area contributed by atoms with Crippen LogP contribution in [0, 0.1) is 19.7 Å². The number of fused-ring (bicyclic) bond motifs is 1. The maximum absolute atomic E-state index is 14.1. The highest BCUT2D eigenvalue weighted by Crippen LogP contribution is 2.31. The summed E-state index contributed by atoms with van der Waals surface area (Å²) in [6, 6.07) is 11.7. The summed E-state index contributed by atoms with van der Waals surface area (Å²) in [7, 11) is 0. The molecule has 0 saturated carbocycles. The van der Waals surface area contributed by atoms with E-state index in [1.165, 1.54) is 12.1 Å². The molecule has 8 nitrogen and oxygen atoms in total. The monoisotopic (exact) mass is 693 g/mol. The van der Waals surface area contributed by atoms with E-state index in [1.807, 2.05) is 36.1 Å². The first-order valence-corrected chi connectivity index (χ1v) is 16.3. The number of allylic oxidation sites excluding steroid dienone is 3. The SMILES string of the molecule is Cc1[nH]c(/C=C2\C(=O)CCCc3ccc(F)cc32)c(C)c1C(=O)NCCNC1=CC=C(C(=O)Nc2ccccc2N)C=I1. The smallest absolute Gasteiger partial charge is 0.256 e. The molecule has 0 bridgehead atoms. The first-order chi connectivity index (χ1) is 20.7. The van der Waals surface area contributed by atoms with Crippen LogP contribution in [0.5, 0.6) is 0 Å². The van der Waals surface area contributed by atoms with Crippen molar-refractivity contribution in [1.29, 1.82) is 0 Å². The van der Waals surface area contributed by atoms with Crippen molar-refractivity contribution >= 4 is 65.4 Å². The molecule has 0 spiro atoms. The number of Topliss-reactive ketones (excluding diaryl/α,β-unsaturated/α-hetero) is 1. The Morgan fingerprint density at radius 1 is 1.07 bits per heavy atom. The molecule has 222 valence electrons. The normalized spacial score (nSPS) is 15.5. The van der Waals surface area contributed by atoms with Crippen LogP contribution in [0.25, 0.3) is 11.6 Å². The van der Waals surface area contributed by atoms with Gasteiger partial charge in [-0.05, 0) is 89.9 Å². The van der Waals surface area contributed by atoms with Crippen LogP contribution in [0.4, 0.5) is 15.8 Å². The fourth-order valence-electron chi connectivity index (χ4n) is 5.13. The number of aryl methyl sites for hydroxylation is 2. The average Bonchev–Trinajstić information content (AvgIpc) is 3.18.